The molecule has 5 heteroatoms. The minimum atomic E-state index is -2.28. The second-order valence-corrected chi connectivity index (χ2v) is 4.96. The number of hydrogen-bond donors (Lipinski definition) is 0. The highest BCUT2D eigenvalue weighted by atomic mass is 15.3. The molecule has 5 heterocycles. The average Bonchev–Trinajstić information content (AvgIpc) is 3.13. The molecule has 0 atom stereocenters. The minimum Gasteiger partial charge on any atom is -0.253 e. The molecule has 0 saturated carbocycles. The van der Waals surface area contributed by atoms with Gasteiger partial charge in [0.2, 0.25) is 0 Å². The molecule has 5 nitrogen and oxygen atoms in total. The number of imidazole rings is 2. The fourth-order valence-corrected chi connectivity index (χ4v) is 3.04. The second-order valence-electron chi connectivity index (χ2n) is 4.96. The van der Waals surface area contributed by atoms with Crippen LogP contribution in [0.2, 0.25) is 0 Å². The largest absolute Gasteiger partial charge is 0.329 e. The van der Waals surface area contributed by atoms with Crippen LogP contribution < -0.4 is 4.40 Å². The van der Waals surface area contributed by atoms with Crippen molar-refractivity contribution in [1.82, 2.24) is 19.1 Å². The van der Waals surface area contributed by atoms with E-state index >= 15 is 0 Å². The summed E-state index contributed by atoms with van der Waals surface area (Å²) in [5.74, 6) is 0.603. The highest BCUT2D eigenvalue weighted by Gasteiger charge is 2.30. The molecule has 0 fully saturated rings. The van der Waals surface area contributed by atoms with Gasteiger partial charge < -0.3 is 0 Å². The van der Waals surface area contributed by atoms with Crippen LogP contribution in [0.25, 0.3) is 28.3 Å². The number of pyridine rings is 2. The molecule has 0 N–H and O–H groups in total. The zero-order valence-corrected chi connectivity index (χ0v) is 10.5. The third-order valence-electron chi connectivity index (χ3n) is 3.90. The molecule has 4 aromatic heterocycles. The SMILES string of the molecule is [2H]C([2H])([2H])n1c2cccnc2[n+]2cc3n(c12)Cc1cccnc1-3. The lowest BCUT2D eigenvalue weighted by molar-refractivity contribution is -0.482. The average molecular weight is 265 g/mol. The van der Waals surface area contributed by atoms with Crippen LogP contribution in [0.1, 0.15) is 9.68 Å². The molecule has 0 saturated heterocycles. The van der Waals surface area contributed by atoms with Gasteiger partial charge in [0.05, 0.1) is 23.1 Å². The van der Waals surface area contributed by atoms with Gasteiger partial charge in [-0.3, -0.25) is 4.98 Å². The van der Waals surface area contributed by atoms with Crippen molar-refractivity contribution in [1.29, 1.82) is 0 Å². The first-order chi connectivity index (χ1) is 11.1. The number of fused-ring (bicyclic) bond motifs is 7. The Kier molecular flexibility index (Phi) is 1.27. The standard InChI is InChI=1S/C15H12N5/c1-18-11-5-3-7-17-14(11)20-9-12-13-10(4-2-6-16-13)8-19(12)15(18)20/h2-7,9H,8H2,1H3/q+1/i1D3. The Balaban J connectivity index is 1.97. The van der Waals surface area contributed by atoms with Gasteiger partial charge in [-0.15, -0.1) is 4.98 Å². The maximum Gasteiger partial charge on any atom is 0.329 e. The Hall–Kier alpha value is -2.69. The van der Waals surface area contributed by atoms with Gasteiger partial charge in [-0.05, 0) is 18.2 Å². The van der Waals surface area contributed by atoms with Crippen LogP contribution in [0.5, 0.6) is 0 Å². The summed E-state index contributed by atoms with van der Waals surface area (Å²) in [4.78, 5) is 8.81. The van der Waals surface area contributed by atoms with E-state index in [0.29, 0.717) is 23.5 Å². The minimum absolute atomic E-state index is 0.599. The number of rotatable bonds is 0. The van der Waals surface area contributed by atoms with E-state index in [-0.39, 0.29) is 0 Å². The summed E-state index contributed by atoms with van der Waals surface area (Å²) in [5, 5.41) is 0. The summed E-state index contributed by atoms with van der Waals surface area (Å²) >= 11 is 0. The van der Waals surface area contributed by atoms with E-state index in [2.05, 4.69) is 9.97 Å². The van der Waals surface area contributed by atoms with Crippen LogP contribution in [0.3, 0.4) is 0 Å². The predicted molar refractivity (Wildman–Crippen MR) is 74.2 cm³/mol. The summed E-state index contributed by atoms with van der Waals surface area (Å²) in [6.45, 7) is -1.67. The molecule has 96 valence electrons. The molecule has 1 aliphatic heterocycles. The smallest absolute Gasteiger partial charge is 0.253 e. The van der Waals surface area contributed by atoms with E-state index in [4.69, 9.17) is 4.11 Å². The van der Waals surface area contributed by atoms with E-state index in [9.17, 15) is 0 Å². The van der Waals surface area contributed by atoms with Gasteiger partial charge in [-0.25, -0.2) is 9.13 Å². The topological polar surface area (TPSA) is 39.7 Å². The van der Waals surface area contributed by atoms with Crippen molar-refractivity contribution in [2.24, 2.45) is 6.98 Å². The van der Waals surface area contributed by atoms with Crippen LogP contribution in [-0.2, 0) is 13.5 Å². The highest BCUT2D eigenvalue weighted by molar-refractivity contribution is 5.73. The van der Waals surface area contributed by atoms with Crippen molar-refractivity contribution in [2.75, 3.05) is 0 Å². The van der Waals surface area contributed by atoms with Crippen LogP contribution in [0.15, 0.2) is 42.9 Å². The molecule has 0 unspecified atom stereocenters. The number of hydrogen-bond acceptors (Lipinski definition) is 2. The maximum atomic E-state index is 7.94. The second kappa shape index (κ2) is 3.25. The lowest BCUT2D eigenvalue weighted by Crippen LogP contribution is -2.19. The summed E-state index contributed by atoms with van der Waals surface area (Å²) in [6.07, 6.45) is 5.35. The number of aryl methyl sites for hydroxylation is 1. The van der Waals surface area contributed by atoms with Gasteiger partial charge in [0.25, 0.3) is 5.65 Å². The molecule has 20 heavy (non-hydrogen) atoms. The summed E-state index contributed by atoms with van der Waals surface area (Å²) in [5.41, 5.74) is 4.15. The molecule has 0 radical (unpaired) electrons. The molecule has 0 spiro atoms. The number of nitrogens with zero attached hydrogens (tertiary/aromatic N) is 5. The van der Waals surface area contributed by atoms with E-state index < -0.39 is 6.98 Å². The third-order valence-corrected chi connectivity index (χ3v) is 3.90. The Morgan fingerprint density at radius 3 is 3.10 bits per heavy atom. The molecule has 1 aliphatic rings. The van der Waals surface area contributed by atoms with Gasteiger partial charge in [0.15, 0.2) is 5.52 Å². The summed E-state index contributed by atoms with van der Waals surface area (Å²) < 4.78 is 29.0. The lowest BCUT2D eigenvalue weighted by atomic mass is 10.2. The lowest BCUT2D eigenvalue weighted by Gasteiger charge is -1.94. The Labute approximate surface area is 119 Å². The van der Waals surface area contributed by atoms with E-state index in [1.807, 2.05) is 27.3 Å². The van der Waals surface area contributed by atoms with Crippen LogP contribution in [0.4, 0.5) is 0 Å². The van der Waals surface area contributed by atoms with Crippen molar-refractivity contribution in [3.63, 3.8) is 0 Å². The van der Waals surface area contributed by atoms with E-state index in [1.165, 1.54) is 4.57 Å². The molecular weight excluding hydrogens is 250 g/mol. The van der Waals surface area contributed by atoms with Crippen molar-refractivity contribution < 1.29 is 8.51 Å². The maximum absolute atomic E-state index is 7.94. The Morgan fingerprint density at radius 1 is 1.25 bits per heavy atom. The fourth-order valence-electron chi connectivity index (χ4n) is 3.04. The fraction of sp³-hybridized carbons (Fsp3) is 0.133. The molecular formula is C15H12N5+. The molecule has 0 bridgehead atoms. The van der Waals surface area contributed by atoms with Crippen molar-refractivity contribution in [3.8, 4) is 11.4 Å². The Morgan fingerprint density at radius 2 is 2.15 bits per heavy atom. The zero-order valence-electron chi connectivity index (χ0n) is 13.5. The Bertz CT molecular complexity index is 1090. The van der Waals surface area contributed by atoms with Gasteiger partial charge in [0, 0.05) is 18.7 Å². The van der Waals surface area contributed by atoms with Crippen molar-refractivity contribution in [3.05, 3.63) is 48.4 Å². The van der Waals surface area contributed by atoms with Gasteiger partial charge in [0.1, 0.15) is 11.4 Å². The number of aromatic nitrogens is 5. The molecule has 0 aromatic carbocycles. The van der Waals surface area contributed by atoms with Crippen LogP contribution in [0, 0.1) is 0 Å². The van der Waals surface area contributed by atoms with Crippen LogP contribution >= 0.6 is 0 Å². The molecule has 0 amide bonds. The molecule has 4 aromatic rings. The monoisotopic (exact) mass is 265 g/mol. The summed E-state index contributed by atoms with van der Waals surface area (Å²) in [7, 11) is 0. The first-order valence-electron chi connectivity index (χ1n) is 7.91. The third kappa shape index (κ3) is 1.02. The summed E-state index contributed by atoms with van der Waals surface area (Å²) in [6, 6.07) is 7.46. The van der Waals surface area contributed by atoms with Crippen molar-refractivity contribution in [2.45, 2.75) is 6.54 Å². The first kappa shape index (κ1) is 7.79. The van der Waals surface area contributed by atoms with Crippen molar-refractivity contribution >= 4 is 16.9 Å². The van der Waals surface area contributed by atoms with Crippen LogP contribution in [-0.4, -0.2) is 19.1 Å². The zero-order chi connectivity index (χ0) is 15.8. The normalized spacial score (nSPS) is 15.9. The predicted octanol–water partition coefficient (Wildman–Crippen LogP) is 1.54. The molecule has 0 aliphatic carbocycles. The van der Waals surface area contributed by atoms with Gasteiger partial charge in [-0.2, -0.15) is 4.40 Å². The van der Waals surface area contributed by atoms with E-state index in [0.717, 1.165) is 17.0 Å². The van der Waals surface area contributed by atoms with Gasteiger partial charge in [-0.1, -0.05) is 6.07 Å². The highest BCUT2D eigenvalue weighted by Crippen LogP contribution is 2.31. The van der Waals surface area contributed by atoms with Gasteiger partial charge >= 0.3 is 5.78 Å². The first-order valence-corrected chi connectivity index (χ1v) is 6.41. The molecule has 5 rings (SSSR count). The quantitative estimate of drug-likeness (QED) is 0.398. The van der Waals surface area contributed by atoms with E-state index in [1.54, 1.807) is 24.5 Å².